The SMILES string of the molecule is [N-]=[N+]=NC1(I)C[C@H](O)[C@@H](CO)O1. The van der Waals surface area contributed by atoms with Gasteiger partial charge in [-0.05, 0) is 33.2 Å². The topological polar surface area (TPSA) is 98.5 Å². The average molecular weight is 285 g/mol. The van der Waals surface area contributed by atoms with Gasteiger partial charge in [0, 0.05) is 11.3 Å². The molecular weight excluding hydrogens is 277 g/mol. The molecule has 0 bridgehead atoms. The van der Waals surface area contributed by atoms with Crippen molar-refractivity contribution in [2.75, 3.05) is 6.61 Å². The molecule has 1 fully saturated rings. The lowest BCUT2D eigenvalue weighted by Gasteiger charge is -2.14. The van der Waals surface area contributed by atoms with Gasteiger partial charge in [-0.3, -0.25) is 0 Å². The molecule has 1 rings (SSSR count). The molecule has 0 saturated carbocycles. The zero-order valence-corrected chi connectivity index (χ0v) is 8.25. The molecule has 1 aliphatic rings. The Bertz CT molecular complexity index is 220. The molecule has 0 aromatic rings. The van der Waals surface area contributed by atoms with Crippen molar-refractivity contribution in [1.29, 1.82) is 0 Å². The number of aliphatic hydroxyl groups excluding tert-OH is 2. The minimum atomic E-state index is -1.04. The highest BCUT2D eigenvalue weighted by molar-refractivity contribution is 14.1. The summed E-state index contributed by atoms with van der Waals surface area (Å²) in [6, 6.07) is 0. The lowest BCUT2D eigenvalue weighted by atomic mass is 10.2. The highest BCUT2D eigenvalue weighted by Crippen LogP contribution is 2.37. The van der Waals surface area contributed by atoms with Crippen LogP contribution in [0.1, 0.15) is 6.42 Å². The van der Waals surface area contributed by atoms with Crippen molar-refractivity contribution in [3.05, 3.63) is 10.4 Å². The molecule has 1 saturated heterocycles. The van der Waals surface area contributed by atoms with E-state index in [1.165, 1.54) is 0 Å². The van der Waals surface area contributed by atoms with Crippen molar-refractivity contribution < 1.29 is 14.9 Å². The summed E-state index contributed by atoms with van der Waals surface area (Å²) in [5, 5.41) is 21.4. The summed E-state index contributed by atoms with van der Waals surface area (Å²) >= 11 is 1.81. The van der Waals surface area contributed by atoms with Crippen molar-refractivity contribution in [2.24, 2.45) is 5.11 Å². The van der Waals surface area contributed by atoms with Crippen molar-refractivity contribution in [1.82, 2.24) is 0 Å². The van der Waals surface area contributed by atoms with Crippen LogP contribution in [0.3, 0.4) is 0 Å². The number of azide groups is 1. The normalized spacial score (nSPS) is 40.9. The molecule has 0 amide bonds. The second-order valence-electron chi connectivity index (χ2n) is 2.49. The third-order valence-corrected chi connectivity index (χ3v) is 2.51. The summed E-state index contributed by atoms with van der Waals surface area (Å²) in [6.45, 7) is -0.271. The van der Waals surface area contributed by atoms with Crippen LogP contribution in [-0.4, -0.2) is 32.8 Å². The first kappa shape index (κ1) is 10.0. The van der Waals surface area contributed by atoms with E-state index in [0.29, 0.717) is 0 Å². The molecule has 2 N–H and O–H groups in total. The van der Waals surface area contributed by atoms with Crippen LogP contribution in [0.4, 0.5) is 0 Å². The molecule has 3 atom stereocenters. The van der Waals surface area contributed by atoms with Crippen LogP contribution in [-0.2, 0) is 4.74 Å². The molecule has 1 aliphatic heterocycles. The Kier molecular flexibility index (Phi) is 3.13. The minimum absolute atomic E-state index is 0.211. The van der Waals surface area contributed by atoms with Gasteiger partial charge in [-0.1, -0.05) is 0 Å². The minimum Gasteiger partial charge on any atom is -0.394 e. The maximum Gasteiger partial charge on any atom is 0.200 e. The second-order valence-corrected chi connectivity index (χ2v) is 4.17. The maximum atomic E-state index is 9.28. The Morgan fingerprint density at radius 3 is 2.92 bits per heavy atom. The first-order valence-corrected chi connectivity index (χ1v) is 4.41. The summed E-state index contributed by atoms with van der Waals surface area (Å²) in [6.07, 6.45) is -1.20. The molecule has 0 spiro atoms. The Morgan fingerprint density at radius 2 is 2.50 bits per heavy atom. The molecule has 0 aliphatic carbocycles. The standard InChI is InChI=1S/C5H8IN3O3/c6-5(8-9-7)1-3(11)4(2-10)12-5/h3-4,10-11H,1-2H2/t3-,4+,5?/m0/s1. The fourth-order valence-corrected chi connectivity index (χ4v) is 1.91. The van der Waals surface area contributed by atoms with Crippen LogP contribution in [0.5, 0.6) is 0 Å². The van der Waals surface area contributed by atoms with Crippen LogP contribution in [0, 0.1) is 0 Å². The van der Waals surface area contributed by atoms with E-state index in [1.54, 1.807) is 22.6 Å². The number of halogens is 1. The Balaban J connectivity index is 2.69. The van der Waals surface area contributed by atoms with Crippen LogP contribution in [0.25, 0.3) is 10.4 Å². The maximum absolute atomic E-state index is 9.28. The van der Waals surface area contributed by atoms with Gasteiger partial charge in [-0.25, -0.2) is 0 Å². The smallest absolute Gasteiger partial charge is 0.200 e. The largest absolute Gasteiger partial charge is 0.394 e. The van der Waals surface area contributed by atoms with Crippen molar-refractivity contribution in [2.45, 2.75) is 22.4 Å². The number of alkyl halides is 1. The second kappa shape index (κ2) is 3.75. The van der Waals surface area contributed by atoms with Gasteiger partial charge in [0.15, 0.2) is 3.73 Å². The van der Waals surface area contributed by atoms with Gasteiger partial charge in [0.1, 0.15) is 6.10 Å². The lowest BCUT2D eigenvalue weighted by molar-refractivity contribution is -0.0254. The summed E-state index contributed by atoms with van der Waals surface area (Å²) in [4.78, 5) is 2.59. The van der Waals surface area contributed by atoms with E-state index in [-0.39, 0.29) is 13.0 Å². The molecule has 1 unspecified atom stereocenters. The third kappa shape index (κ3) is 1.99. The van der Waals surface area contributed by atoms with Gasteiger partial charge >= 0.3 is 0 Å². The molecule has 0 aromatic carbocycles. The van der Waals surface area contributed by atoms with Gasteiger partial charge in [0.25, 0.3) is 0 Å². The third-order valence-electron chi connectivity index (χ3n) is 1.60. The summed E-state index contributed by atoms with van der Waals surface area (Å²) in [5.74, 6) is 0. The quantitative estimate of drug-likeness (QED) is 0.193. The van der Waals surface area contributed by atoms with Gasteiger partial charge < -0.3 is 14.9 Å². The molecule has 12 heavy (non-hydrogen) atoms. The predicted molar refractivity (Wildman–Crippen MR) is 48.5 cm³/mol. The molecule has 68 valence electrons. The molecule has 1 heterocycles. The average Bonchev–Trinajstić information content (AvgIpc) is 2.27. The van der Waals surface area contributed by atoms with Gasteiger partial charge in [0.05, 0.1) is 12.7 Å². The number of ether oxygens (including phenoxy) is 1. The zero-order valence-electron chi connectivity index (χ0n) is 6.09. The number of nitrogens with zero attached hydrogens (tertiary/aromatic N) is 3. The monoisotopic (exact) mass is 285 g/mol. The van der Waals surface area contributed by atoms with E-state index in [0.717, 1.165) is 0 Å². The molecule has 6 nitrogen and oxygen atoms in total. The number of rotatable bonds is 2. The molecular formula is C5H8IN3O3. The summed E-state index contributed by atoms with van der Waals surface area (Å²) in [7, 11) is 0. The first-order chi connectivity index (χ1) is 5.61. The Labute approximate surface area is 82.3 Å². The van der Waals surface area contributed by atoms with E-state index < -0.39 is 15.9 Å². The van der Waals surface area contributed by atoms with Gasteiger partial charge in [-0.15, -0.1) is 0 Å². The van der Waals surface area contributed by atoms with E-state index in [4.69, 9.17) is 15.4 Å². The molecule has 0 aromatic heterocycles. The van der Waals surface area contributed by atoms with Gasteiger partial charge in [0.2, 0.25) is 0 Å². The van der Waals surface area contributed by atoms with E-state index in [1.807, 2.05) is 0 Å². The zero-order chi connectivity index (χ0) is 9.19. The summed E-state index contributed by atoms with van der Waals surface area (Å²) < 4.78 is 4.07. The fraction of sp³-hybridized carbons (Fsp3) is 1.00. The fourth-order valence-electron chi connectivity index (χ4n) is 1.04. The first-order valence-electron chi connectivity index (χ1n) is 3.33. The number of hydrogen-bond acceptors (Lipinski definition) is 4. The van der Waals surface area contributed by atoms with Crippen molar-refractivity contribution >= 4 is 22.6 Å². The van der Waals surface area contributed by atoms with Crippen molar-refractivity contribution in [3.63, 3.8) is 0 Å². The Morgan fingerprint density at radius 1 is 1.83 bits per heavy atom. The van der Waals surface area contributed by atoms with Gasteiger partial charge in [-0.2, -0.15) is 0 Å². The number of aliphatic hydroxyl groups is 2. The molecule has 0 radical (unpaired) electrons. The van der Waals surface area contributed by atoms with Crippen LogP contribution in [0.2, 0.25) is 0 Å². The van der Waals surface area contributed by atoms with E-state index >= 15 is 0 Å². The predicted octanol–water partition coefficient (Wildman–Crippen LogP) is 0.528. The molecule has 7 heteroatoms. The summed E-state index contributed by atoms with van der Waals surface area (Å²) in [5.41, 5.74) is 8.17. The number of hydrogen-bond donors (Lipinski definition) is 2. The highest BCUT2D eigenvalue weighted by Gasteiger charge is 2.43. The van der Waals surface area contributed by atoms with E-state index in [2.05, 4.69) is 10.0 Å². The highest BCUT2D eigenvalue weighted by atomic mass is 127. The lowest BCUT2D eigenvalue weighted by Crippen LogP contribution is -2.24. The van der Waals surface area contributed by atoms with Crippen LogP contribution in [0.15, 0.2) is 5.11 Å². The van der Waals surface area contributed by atoms with Crippen LogP contribution < -0.4 is 0 Å². The van der Waals surface area contributed by atoms with E-state index in [9.17, 15) is 5.11 Å². The Hall–Kier alpha value is -0.0800. The van der Waals surface area contributed by atoms with Crippen molar-refractivity contribution in [3.8, 4) is 0 Å². The van der Waals surface area contributed by atoms with Crippen LogP contribution >= 0.6 is 22.6 Å².